The topological polar surface area (TPSA) is 62.6 Å². The van der Waals surface area contributed by atoms with Crippen LogP contribution in [0.5, 0.6) is 0 Å². The summed E-state index contributed by atoms with van der Waals surface area (Å²) >= 11 is 0. The van der Waals surface area contributed by atoms with Crippen molar-refractivity contribution in [2.75, 3.05) is 31.1 Å². The number of anilines is 1. The second-order valence-corrected chi connectivity index (χ2v) is 8.48. The van der Waals surface area contributed by atoms with Crippen LogP contribution in [0.25, 0.3) is 10.9 Å². The van der Waals surface area contributed by atoms with E-state index in [1.54, 1.807) is 43.5 Å². The van der Waals surface area contributed by atoms with E-state index in [0.717, 1.165) is 24.2 Å². The summed E-state index contributed by atoms with van der Waals surface area (Å²) < 4.78 is 27.4. The minimum Gasteiger partial charge on any atom is -0.368 e. The lowest BCUT2D eigenvalue weighted by Crippen LogP contribution is -2.48. The summed E-state index contributed by atoms with van der Waals surface area (Å²) in [4.78, 5) is 15.8. The van der Waals surface area contributed by atoms with E-state index < -0.39 is 10.0 Å². The Morgan fingerprint density at radius 3 is 2.30 bits per heavy atom. The lowest BCUT2D eigenvalue weighted by molar-refractivity contribution is -0.129. The minimum absolute atomic E-state index is 0.0907. The molecule has 1 amide bonds. The Morgan fingerprint density at radius 1 is 0.926 bits per heavy atom. The van der Waals surface area contributed by atoms with Gasteiger partial charge in [0.2, 0.25) is 5.91 Å². The van der Waals surface area contributed by atoms with Crippen LogP contribution < -0.4 is 4.90 Å². The van der Waals surface area contributed by atoms with Crippen molar-refractivity contribution < 1.29 is 13.2 Å². The zero-order chi connectivity index (χ0) is 19.0. The molecule has 140 valence electrons. The molecule has 1 saturated heterocycles. The van der Waals surface area contributed by atoms with Crippen molar-refractivity contribution in [1.82, 2.24) is 8.87 Å². The van der Waals surface area contributed by atoms with E-state index in [1.807, 2.05) is 29.2 Å². The third-order valence-electron chi connectivity index (χ3n) is 5.03. The van der Waals surface area contributed by atoms with Gasteiger partial charge in [0, 0.05) is 50.4 Å². The largest absolute Gasteiger partial charge is 0.368 e. The fourth-order valence-corrected chi connectivity index (χ4v) is 4.85. The highest BCUT2D eigenvalue weighted by Gasteiger charge is 2.21. The highest BCUT2D eigenvalue weighted by molar-refractivity contribution is 7.90. The van der Waals surface area contributed by atoms with Gasteiger partial charge in [0.15, 0.2) is 0 Å². The number of piperazine rings is 1. The molecule has 7 heteroatoms. The van der Waals surface area contributed by atoms with Crippen molar-refractivity contribution in [1.29, 1.82) is 0 Å². The molecule has 0 radical (unpaired) electrons. The number of carbonyl (C=O) groups is 1. The first-order chi connectivity index (χ1) is 13.0. The Morgan fingerprint density at radius 2 is 1.63 bits per heavy atom. The molecule has 2 heterocycles. The highest BCUT2D eigenvalue weighted by atomic mass is 32.2. The summed E-state index contributed by atoms with van der Waals surface area (Å²) in [6.07, 6.45) is 1.60. The van der Waals surface area contributed by atoms with Gasteiger partial charge in [-0.2, -0.15) is 0 Å². The molecular formula is C20H21N3O3S. The number of carbonyl (C=O) groups excluding carboxylic acids is 1. The maximum Gasteiger partial charge on any atom is 0.268 e. The quantitative estimate of drug-likeness (QED) is 0.697. The van der Waals surface area contributed by atoms with Gasteiger partial charge in [-0.25, -0.2) is 12.4 Å². The molecule has 0 aliphatic carbocycles. The molecule has 0 bridgehead atoms. The number of hydrogen-bond donors (Lipinski definition) is 0. The van der Waals surface area contributed by atoms with Gasteiger partial charge in [0.25, 0.3) is 10.0 Å². The summed E-state index contributed by atoms with van der Waals surface area (Å²) in [5.41, 5.74) is 1.62. The van der Waals surface area contributed by atoms with E-state index in [1.165, 1.54) is 3.97 Å². The summed E-state index contributed by atoms with van der Waals surface area (Å²) in [5.74, 6) is 0.0907. The van der Waals surface area contributed by atoms with Crippen molar-refractivity contribution in [2.24, 2.45) is 0 Å². The molecule has 2 aromatic carbocycles. The Labute approximate surface area is 158 Å². The van der Waals surface area contributed by atoms with Gasteiger partial charge in [-0.15, -0.1) is 0 Å². The van der Waals surface area contributed by atoms with Crippen LogP contribution in [0.4, 0.5) is 5.69 Å². The predicted octanol–water partition coefficient (Wildman–Crippen LogP) is 2.55. The number of hydrogen-bond acceptors (Lipinski definition) is 4. The summed E-state index contributed by atoms with van der Waals surface area (Å²) in [5, 5.41) is 0.876. The number of nitrogens with zero attached hydrogens (tertiary/aromatic N) is 3. The zero-order valence-corrected chi connectivity index (χ0v) is 15.9. The molecule has 3 aromatic rings. The van der Waals surface area contributed by atoms with Crippen molar-refractivity contribution in [3.8, 4) is 0 Å². The smallest absolute Gasteiger partial charge is 0.268 e. The van der Waals surface area contributed by atoms with E-state index in [0.29, 0.717) is 18.6 Å². The number of rotatable bonds is 3. The standard InChI is InChI=1S/C20H21N3O3S/c1-16(24)21-11-13-22(14-12-21)18-8-7-17-9-10-23(20(17)15-18)27(25,26)19-5-3-2-4-6-19/h2-10,15H,11-14H2,1H3. The fraction of sp³-hybridized carbons (Fsp3) is 0.250. The lowest BCUT2D eigenvalue weighted by Gasteiger charge is -2.35. The molecule has 1 aliphatic heterocycles. The summed E-state index contributed by atoms with van der Waals surface area (Å²) in [7, 11) is -3.64. The first-order valence-corrected chi connectivity index (χ1v) is 10.3. The number of fused-ring (bicyclic) bond motifs is 1. The second-order valence-electron chi connectivity index (χ2n) is 6.67. The molecule has 27 heavy (non-hydrogen) atoms. The molecule has 0 atom stereocenters. The SMILES string of the molecule is CC(=O)N1CCN(c2ccc3ccn(S(=O)(=O)c4ccccc4)c3c2)CC1. The zero-order valence-electron chi connectivity index (χ0n) is 15.1. The van der Waals surface area contributed by atoms with Crippen molar-refractivity contribution in [3.63, 3.8) is 0 Å². The van der Waals surface area contributed by atoms with E-state index in [9.17, 15) is 13.2 Å². The normalized spacial score (nSPS) is 15.3. The Balaban J connectivity index is 1.69. The molecule has 0 N–H and O–H groups in total. The third-order valence-corrected chi connectivity index (χ3v) is 6.74. The molecule has 0 unspecified atom stereocenters. The van der Waals surface area contributed by atoms with Crippen LogP contribution in [-0.4, -0.2) is 49.4 Å². The van der Waals surface area contributed by atoms with Gasteiger partial charge in [-0.1, -0.05) is 24.3 Å². The Bertz CT molecular complexity index is 1080. The van der Waals surface area contributed by atoms with Crippen LogP contribution in [0.1, 0.15) is 6.92 Å². The Hall–Kier alpha value is -2.80. The molecule has 1 fully saturated rings. The monoisotopic (exact) mass is 383 g/mol. The maximum absolute atomic E-state index is 13.0. The van der Waals surface area contributed by atoms with Crippen molar-refractivity contribution >= 4 is 32.5 Å². The van der Waals surface area contributed by atoms with Crippen molar-refractivity contribution in [2.45, 2.75) is 11.8 Å². The van der Waals surface area contributed by atoms with E-state index in [4.69, 9.17) is 0 Å². The van der Waals surface area contributed by atoms with Gasteiger partial charge in [0.1, 0.15) is 0 Å². The molecule has 6 nitrogen and oxygen atoms in total. The van der Waals surface area contributed by atoms with Crippen LogP contribution in [0.2, 0.25) is 0 Å². The first-order valence-electron chi connectivity index (χ1n) is 8.89. The van der Waals surface area contributed by atoms with Crippen LogP contribution >= 0.6 is 0 Å². The molecule has 1 aromatic heterocycles. The number of amides is 1. The van der Waals surface area contributed by atoms with Crippen LogP contribution in [0.15, 0.2) is 65.7 Å². The highest BCUT2D eigenvalue weighted by Crippen LogP contribution is 2.27. The summed E-state index contributed by atoms with van der Waals surface area (Å²) in [6, 6.07) is 16.1. The van der Waals surface area contributed by atoms with Gasteiger partial charge in [0.05, 0.1) is 10.4 Å². The first kappa shape index (κ1) is 17.6. The Kier molecular flexibility index (Phi) is 4.39. The molecule has 0 saturated carbocycles. The second kappa shape index (κ2) is 6.74. The molecular weight excluding hydrogens is 362 g/mol. The molecule has 0 spiro atoms. The van der Waals surface area contributed by atoms with E-state index >= 15 is 0 Å². The molecule has 1 aliphatic rings. The van der Waals surface area contributed by atoms with Crippen LogP contribution in [0, 0.1) is 0 Å². The van der Waals surface area contributed by atoms with Crippen LogP contribution in [-0.2, 0) is 14.8 Å². The summed E-state index contributed by atoms with van der Waals surface area (Å²) in [6.45, 7) is 4.41. The van der Waals surface area contributed by atoms with Gasteiger partial charge in [-0.3, -0.25) is 4.79 Å². The number of aromatic nitrogens is 1. The fourth-order valence-electron chi connectivity index (χ4n) is 3.48. The van der Waals surface area contributed by atoms with E-state index in [2.05, 4.69) is 4.90 Å². The van der Waals surface area contributed by atoms with Crippen molar-refractivity contribution in [3.05, 3.63) is 60.8 Å². The lowest BCUT2D eigenvalue weighted by atomic mass is 10.2. The van der Waals surface area contributed by atoms with Gasteiger partial charge < -0.3 is 9.80 Å². The van der Waals surface area contributed by atoms with E-state index in [-0.39, 0.29) is 10.8 Å². The third kappa shape index (κ3) is 3.19. The van der Waals surface area contributed by atoms with Crippen LogP contribution in [0.3, 0.4) is 0 Å². The number of benzene rings is 2. The predicted molar refractivity (Wildman–Crippen MR) is 105 cm³/mol. The maximum atomic E-state index is 13.0. The minimum atomic E-state index is -3.64. The average molecular weight is 383 g/mol. The van der Waals surface area contributed by atoms with Gasteiger partial charge >= 0.3 is 0 Å². The molecule has 4 rings (SSSR count). The average Bonchev–Trinajstić information content (AvgIpc) is 3.13. The van der Waals surface area contributed by atoms with Gasteiger partial charge in [-0.05, 0) is 30.3 Å².